The quantitative estimate of drug-likeness (QED) is 0.256. The van der Waals surface area contributed by atoms with E-state index in [1.165, 1.54) is 6.08 Å². The second-order valence-corrected chi connectivity index (χ2v) is 7.89. The van der Waals surface area contributed by atoms with Crippen molar-refractivity contribution in [3.63, 3.8) is 0 Å². The molecule has 5 aromatic rings. The fraction of sp³-hybridized carbons (Fsp3) is 0.0370. The molecule has 0 fully saturated rings. The van der Waals surface area contributed by atoms with Crippen molar-refractivity contribution in [3.05, 3.63) is 91.8 Å². The second kappa shape index (κ2) is 10.1. The molecule has 1 amide bonds. The molecule has 0 unspecified atom stereocenters. The molecule has 0 bridgehead atoms. The summed E-state index contributed by atoms with van der Waals surface area (Å²) in [5, 5.41) is 5.92. The van der Waals surface area contributed by atoms with E-state index in [0.717, 1.165) is 17.1 Å². The van der Waals surface area contributed by atoms with Gasteiger partial charge in [0.05, 0.1) is 12.8 Å². The SMILES string of the molecule is C=CC(=O)Nc1cccc(-n2cnc3c(N)nc(Nc4ccc(Oc5ccc(OC)cc5)cc4)nc32)c1. The van der Waals surface area contributed by atoms with Gasteiger partial charge in [-0.1, -0.05) is 12.6 Å². The van der Waals surface area contributed by atoms with Crippen LogP contribution in [0, 0.1) is 0 Å². The third-order valence-electron chi connectivity index (χ3n) is 5.41. The number of carbonyl (C=O) groups excluding carboxylic acids is 1. The average molecular weight is 494 g/mol. The van der Waals surface area contributed by atoms with Crippen LogP contribution in [0.1, 0.15) is 0 Å². The number of methoxy groups -OCH3 is 1. The van der Waals surface area contributed by atoms with E-state index in [2.05, 4.69) is 32.2 Å². The van der Waals surface area contributed by atoms with Crippen molar-refractivity contribution in [2.45, 2.75) is 0 Å². The maximum absolute atomic E-state index is 11.7. The number of amides is 1. The number of hydrogen-bond donors (Lipinski definition) is 3. The zero-order chi connectivity index (χ0) is 25.8. The molecule has 10 nitrogen and oxygen atoms in total. The summed E-state index contributed by atoms with van der Waals surface area (Å²) in [5.41, 5.74) is 9.27. The number of anilines is 4. The highest BCUT2D eigenvalue weighted by molar-refractivity contribution is 5.99. The highest BCUT2D eigenvalue weighted by atomic mass is 16.5. The predicted molar refractivity (Wildman–Crippen MR) is 143 cm³/mol. The third-order valence-corrected chi connectivity index (χ3v) is 5.41. The Morgan fingerprint density at radius 3 is 2.38 bits per heavy atom. The molecular formula is C27H23N7O3. The van der Waals surface area contributed by atoms with Crippen LogP contribution in [-0.2, 0) is 4.79 Å². The summed E-state index contributed by atoms with van der Waals surface area (Å²) in [7, 11) is 1.62. The number of benzene rings is 3. The topological polar surface area (TPSA) is 129 Å². The zero-order valence-electron chi connectivity index (χ0n) is 19.9. The maximum Gasteiger partial charge on any atom is 0.247 e. The van der Waals surface area contributed by atoms with Gasteiger partial charge in [-0.2, -0.15) is 9.97 Å². The Morgan fingerprint density at radius 1 is 0.973 bits per heavy atom. The number of aromatic nitrogens is 4. The Hall–Kier alpha value is -5.38. The van der Waals surface area contributed by atoms with Crippen LogP contribution in [0.4, 0.5) is 23.1 Å². The van der Waals surface area contributed by atoms with Crippen LogP contribution < -0.4 is 25.8 Å². The van der Waals surface area contributed by atoms with E-state index < -0.39 is 0 Å². The van der Waals surface area contributed by atoms with Crippen LogP contribution in [0.15, 0.2) is 91.8 Å². The Kier molecular flexibility index (Phi) is 6.37. The fourth-order valence-corrected chi connectivity index (χ4v) is 3.61. The first kappa shape index (κ1) is 23.4. The lowest BCUT2D eigenvalue weighted by molar-refractivity contribution is -0.111. The van der Waals surface area contributed by atoms with Crippen molar-refractivity contribution < 1.29 is 14.3 Å². The van der Waals surface area contributed by atoms with E-state index >= 15 is 0 Å². The molecule has 0 saturated carbocycles. The molecule has 3 aromatic carbocycles. The molecule has 0 aliphatic rings. The second-order valence-electron chi connectivity index (χ2n) is 7.89. The van der Waals surface area contributed by atoms with E-state index in [-0.39, 0.29) is 11.7 Å². The van der Waals surface area contributed by atoms with Crippen molar-refractivity contribution in [2.24, 2.45) is 0 Å². The summed E-state index contributed by atoms with van der Waals surface area (Å²) in [5.74, 6) is 2.38. The van der Waals surface area contributed by atoms with Crippen molar-refractivity contribution in [1.82, 2.24) is 19.5 Å². The molecule has 0 atom stereocenters. The van der Waals surface area contributed by atoms with Gasteiger partial charge in [-0.25, -0.2) is 4.98 Å². The molecule has 2 heterocycles. The summed E-state index contributed by atoms with van der Waals surface area (Å²) >= 11 is 0. The zero-order valence-corrected chi connectivity index (χ0v) is 19.9. The van der Waals surface area contributed by atoms with Gasteiger partial charge in [-0.15, -0.1) is 0 Å². The number of nitrogens with zero attached hydrogens (tertiary/aromatic N) is 4. The predicted octanol–water partition coefficient (Wildman–Crippen LogP) is 5.07. The van der Waals surface area contributed by atoms with Crippen LogP contribution in [-0.4, -0.2) is 32.5 Å². The van der Waals surface area contributed by atoms with Crippen LogP contribution >= 0.6 is 0 Å². The number of carbonyl (C=O) groups is 1. The fourth-order valence-electron chi connectivity index (χ4n) is 3.61. The number of imidazole rings is 1. The van der Waals surface area contributed by atoms with Crippen molar-refractivity contribution in [2.75, 3.05) is 23.5 Å². The number of ether oxygens (including phenoxy) is 2. The molecule has 0 aliphatic heterocycles. The van der Waals surface area contributed by atoms with Gasteiger partial charge >= 0.3 is 0 Å². The Morgan fingerprint density at radius 2 is 1.68 bits per heavy atom. The number of nitrogens with one attached hydrogen (secondary N) is 2. The highest BCUT2D eigenvalue weighted by Gasteiger charge is 2.13. The summed E-state index contributed by atoms with van der Waals surface area (Å²) in [6.07, 6.45) is 2.82. The lowest BCUT2D eigenvalue weighted by Gasteiger charge is -2.10. The van der Waals surface area contributed by atoms with E-state index in [9.17, 15) is 4.79 Å². The van der Waals surface area contributed by atoms with E-state index in [1.807, 2.05) is 60.7 Å². The first-order valence-corrected chi connectivity index (χ1v) is 11.3. The minimum absolute atomic E-state index is 0.238. The standard InChI is InChI=1S/C27H23N7O3/c1-3-23(35)30-18-5-4-6-19(15-18)34-16-29-24-25(28)32-27(33-26(24)34)31-17-7-9-21(10-8-17)37-22-13-11-20(36-2)12-14-22/h3-16H,1H2,2H3,(H,30,35)(H3,28,31,32,33). The normalized spacial score (nSPS) is 10.6. The Balaban J connectivity index is 1.37. The number of nitrogens with two attached hydrogens (primary N) is 1. The number of rotatable bonds is 8. The molecule has 4 N–H and O–H groups in total. The third kappa shape index (κ3) is 5.17. The molecule has 5 rings (SSSR count). The van der Waals surface area contributed by atoms with Crippen LogP contribution in [0.25, 0.3) is 16.9 Å². The van der Waals surface area contributed by atoms with Gasteiger partial charge in [0, 0.05) is 11.4 Å². The minimum atomic E-state index is -0.300. The molecule has 0 spiro atoms. The number of nitrogen functional groups attached to an aromatic ring is 1. The van der Waals surface area contributed by atoms with E-state index in [4.69, 9.17) is 15.2 Å². The highest BCUT2D eigenvalue weighted by Crippen LogP contribution is 2.27. The van der Waals surface area contributed by atoms with Crippen molar-refractivity contribution >= 4 is 40.2 Å². The maximum atomic E-state index is 11.7. The average Bonchev–Trinajstić information content (AvgIpc) is 3.35. The monoisotopic (exact) mass is 493 g/mol. The molecule has 2 aromatic heterocycles. The van der Waals surface area contributed by atoms with Gasteiger partial charge in [-0.3, -0.25) is 9.36 Å². The van der Waals surface area contributed by atoms with Gasteiger partial charge in [0.15, 0.2) is 17.0 Å². The molecule has 10 heteroatoms. The Labute approximate surface area is 212 Å². The van der Waals surface area contributed by atoms with Crippen LogP contribution in [0.2, 0.25) is 0 Å². The van der Waals surface area contributed by atoms with Crippen LogP contribution in [0.3, 0.4) is 0 Å². The van der Waals surface area contributed by atoms with Crippen molar-refractivity contribution in [1.29, 1.82) is 0 Å². The van der Waals surface area contributed by atoms with E-state index in [1.54, 1.807) is 30.1 Å². The van der Waals surface area contributed by atoms with Gasteiger partial charge in [0.25, 0.3) is 0 Å². The lowest BCUT2D eigenvalue weighted by atomic mass is 10.2. The summed E-state index contributed by atoms with van der Waals surface area (Å²) < 4.78 is 12.8. The first-order chi connectivity index (χ1) is 18.0. The molecule has 0 radical (unpaired) electrons. The molecule has 0 saturated heterocycles. The lowest BCUT2D eigenvalue weighted by Crippen LogP contribution is -2.07. The Bertz CT molecular complexity index is 1580. The summed E-state index contributed by atoms with van der Waals surface area (Å²) in [6, 6.07) is 22.0. The minimum Gasteiger partial charge on any atom is -0.497 e. The first-order valence-electron chi connectivity index (χ1n) is 11.3. The summed E-state index contributed by atoms with van der Waals surface area (Å²) in [4.78, 5) is 25.0. The molecule has 37 heavy (non-hydrogen) atoms. The van der Waals surface area contributed by atoms with Crippen LogP contribution in [0.5, 0.6) is 17.2 Å². The van der Waals surface area contributed by atoms with Gasteiger partial charge in [0.2, 0.25) is 11.9 Å². The van der Waals surface area contributed by atoms with Crippen molar-refractivity contribution in [3.8, 4) is 22.9 Å². The smallest absolute Gasteiger partial charge is 0.247 e. The molecular weight excluding hydrogens is 470 g/mol. The van der Waals surface area contributed by atoms with E-state index in [0.29, 0.717) is 34.3 Å². The van der Waals surface area contributed by atoms with Gasteiger partial charge in [-0.05, 0) is 72.8 Å². The summed E-state index contributed by atoms with van der Waals surface area (Å²) in [6.45, 7) is 3.48. The largest absolute Gasteiger partial charge is 0.497 e. The number of hydrogen-bond acceptors (Lipinski definition) is 8. The number of fused-ring (bicyclic) bond motifs is 1. The molecule has 184 valence electrons. The molecule has 0 aliphatic carbocycles. The van der Waals surface area contributed by atoms with Gasteiger partial charge in [0.1, 0.15) is 23.6 Å². The van der Waals surface area contributed by atoms with Gasteiger partial charge < -0.3 is 25.8 Å².